The maximum absolute atomic E-state index is 14.5. The summed E-state index contributed by atoms with van der Waals surface area (Å²) in [7, 11) is 0. The molecule has 0 radical (unpaired) electrons. The predicted octanol–water partition coefficient (Wildman–Crippen LogP) is 7.06. The number of hydrogen-bond acceptors (Lipinski definition) is 5. The Balaban J connectivity index is 1.39. The fourth-order valence-electron chi connectivity index (χ4n) is 5.19. The number of halogens is 3. The van der Waals surface area contributed by atoms with Crippen LogP contribution in [0.15, 0.2) is 90.3 Å². The minimum atomic E-state index is -4.42. The summed E-state index contributed by atoms with van der Waals surface area (Å²) in [6.07, 6.45) is -2.77. The molecule has 9 heteroatoms. The molecule has 0 spiro atoms. The second kappa shape index (κ2) is 11.9. The van der Waals surface area contributed by atoms with Crippen LogP contribution in [0.25, 0.3) is 22.5 Å². The molecule has 1 aliphatic rings. The summed E-state index contributed by atoms with van der Waals surface area (Å²) in [4.78, 5) is 3.41. The van der Waals surface area contributed by atoms with Gasteiger partial charge in [0.1, 0.15) is 5.70 Å². The molecule has 0 atom stereocenters. The number of nitrogens with one attached hydrogen (secondary N) is 1. The van der Waals surface area contributed by atoms with E-state index in [1.54, 1.807) is 0 Å². The lowest BCUT2D eigenvalue weighted by Crippen LogP contribution is -2.33. The van der Waals surface area contributed by atoms with Crippen molar-refractivity contribution in [1.29, 1.82) is 0 Å². The molecule has 208 valence electrons. The van der Waals surface area contributed by atoms with Crippen LogP contribution in [0.4, 0.5) is 13.2 Å². The average Bonchev–Trinajstić information content (AvgIpc) is 3.60. The summed E-state index contributed by atoms with van der Waals surface area (Å²) in [5.41, 5.74) is 4.67. The lowest BCUT2D eigenvalue weighted by atomic mass is 9.98. The van der Waals surface area contributed by atoms with E-state index in [4.69, 9.17) is 0 Å². The van der Waals surface area contributed by atoms with Crippen LogP contribution in [-0.2, 0) is 13.0 Å². The van der Waals surface area contributed by atoms with Crippen LogP contribution in [0, 0.1) is 5.92 Å². The summed E-state index contributed by atoms with van der Waals surface area (Å²) < 4.78 is 43.4. The van der Waals surface area contributed by atoms with E-state index < -0.39 is 11.9 Å². The first-order chi connectivity index (χ1) is 19.3. The van der Waals surface area contributed by atoms with E-state index in [1.165, 1.54) is 4.90 Å². The highest BCUT2D eigenvalue weighted by Gasteiger charge is 2.45. The predicted molar refractivity (Wildman–Crippen MR) is 149 cm³/mol. The van der Waals surface area contributed by atoms with Crippen molar-refractivity contribution < 1.29 is 13.2 Å². The summed E-state index contributed by atoms with van der Waals surface area (Å²) in [6, 6.07) is 25.5. The zero-order chi connectivity index (χ0) is 28.1. The Morgan fingerprint density at radius 3 is 2.17 bits per heavy atom. The van der Waals surface area contributed by atoms with Gasteiger partial charge in [-0.2, -0.15) is 18.4 Å². The normalized spacial score (nSPS) is 14.1. The molecule has 0 fully saturated rings. The molecule has 40 heavy (non-hydrogen) atoms. The molecule has 0 bridgehead atoms. The minimum absolute atomic E-state index is 0.220. The van der Waals surface area contributed by atoms with Gasteiger partial charge in [-0.05, 0) is 52.6 Å². The van der Waals surface area contributed by atoms with Crippen molar-refractivity contribution in [3.05, 3.63) is 101 Å². The second-order valence-electron chi connectivity index (χ2n) is 10.5. The van der Waals surface area contributed by atoms with Crippen LogP contribution in [0.2, 0.25) is 0 Å². The van der Waals surface area contributed by atoms with E-state index in [1.807, 2.05) is 97.6 Å². The van der Waals surface area contributed by atoms with Crippen molar-refractivity contribution in [2.75, 3.05) is 13.2 Å². The molecule has 5 rings (SSSR count). The highest BCUT2D eigenvalue weighted by Crippen LogP contribution is 2.40. The molecule has 0 unspecified atom stereocenters. The van der Waals surface area contributed by atoms with Gasteiger partial charge in [-0.15, -0.1) is 10.2 Å². The monoisotopic (exact) mass is 546 g/mol. The molecule has 0 saturated carbocycles. The number of allylic oxidation sites excluding steroid dienone is 2. The van der Waals surface area contributed by atoms with Gasteiger partial charge in [0.2, 0.25) is 5.82 Å². The number of alkyl halides is 3. The van der Waals surface area contributed by atoms with Crippen molar-refractivity contribution in [1.82, 2.24) is 30.4 Å². The lowest BCUT2D eigenvalue weighted by molar-refractivity contribution is -0.110. The summed E-state index contributed by atoms with van der Waals surface area (Å²) >= 11 is 0. The number of benzene rings is 3. The Kier molecular flexibility index (Phi) is 8.19. The number of rotatable bonds is 10. The molecule has 2 heterocycles. The molecular weight excluding hydrogens is 513 g/mol. The molecule has 0 amide bonds. The fourth-order valence-corrected chi connectivity index (χ4v) is 5.19. The number of H-pyrrole nitrogens is 1. The zero-order valence-electron chi connectivity index (χ0n) is 22.7. The van der Waals surface area contributed by atoms with Crippen LogP contribution < -0.4 is 0 Å². The average molecular weight is 547 g/mol. The first-order valence-corrected chi connectivity index (χ1v) is 13.6. The molecule has 1 N–H and O–H groups in total. The van der Waals surface area contributed by atoms with Crippen LogP contribution in [0.3, 0.4) is 0 Å². The SMILES string of the molecule is CC(C)CCC1=C(C(F)(F)F)N(CCc2ccccc2)CN1Cc1ccc(-c2ccccc2-c2nn[nH]n2)cc1. The third-order valence-electron chi connectivity index (χ3n) is 7.20. The van der Waals surface area contributed by atoms with E-state index in [9.17, 15) is 13.2 Å². The number of aromatic amines is 1. The molecular formula is C31H33F3N6. The highest BCUT2D eigenvalue weighted by molar-refractivity contribution is 5.80. The quantitative estimate of drug-likeness (QED) is 0.231. The number of tetrazole rings is 1. The maximum atomic E-state index is 14.5. The zero-order valence-corrected chi connectivity index (χ0v) is 22.7. The summed E-state index contributed by atoms with van der Waals surface area (Å²) in [5, 5.41) is 14.4. The minimum Gasteiger partial charge on any atom is -0.351 e. The van der Waals surface area contributed by atoms with Gasteiger partial charge in [-0.3, -0.25) is 0 Å². The molecule has 6 nitrogen and oxygen atoms in total. The smallest absolute Gasteiger partial charge is 0.351 e. The summed E-state index contributed by atoms with van der Waals surface area (Å²) in [5.74, 6) is 0.813. The highest BCUT2D eigenvalue weighted by atomic mass is 19.4. The van der Waals surface area contributed by atoms with Crippen LogP contribution in [0.1, 0.15) is 37.8 Å². The van der Waals surface area contributed by atoms with E-state index in [2.05, 4.69) is 20.6 Å². The van der Waals surface area contributed by atoms with Crippen LogP contribution in [0.5, 0.6) is 0 Å². The van der Waals surface area contributed by atoms with E-state index in [-0.39, 0.29) is 6.67 Å². The van der Waals surface area contributed by atoms with Crippen molar-refractivity contribution >= 4 is 0 Å². The van der Waals surface area contributed by atoms with Gasteiger partial charge >= 0.3 is 6.18 Å². The fraction of sp³-hybridized carbons (Fsp3) is 0.323. The van der Waals surface area contributed by atoms with Crippen molar-refractivity contribution in [3.63, 3.8) is 0 Å². The summed E-state index contributed by atoms with van der Waals surface area (Å²) in [6.45, 7) is 5.03. The molecule has 1 aliphatic heterocycles. The van der Waals surface area contributed by atoms with Crippen LogP contribution in [-0.4, -0.2) is 49.8 Å². The Bertz CT molecular complexity index is 1410. The van der Waals surface area contributed by atoms with Gasteiger partial charge in [-0.1, -0.05) is 92.7 Å². The van der Waals surface area contributed by atoms with Gasteiger partial charge in [0, 0.05) is 24.4 Å². The molecule has 1 aromatic heterocycles. The van der Waals surface area contributed by atoms with Gasteiger partial charge in [0.05, 0.1) is 6.67 Å². The number of nitrogens with zero attached hydrogens (tertiary/aromatic N) is 5. The Morgan fingerprint density at radius 1 is 0.825 bits per heavy atom. The Labute approximate surface area is 232 Å². The van der Waals surface area contributed by atoms with Crippen molar-refractivity contribution in [3.8, 4) is 22.5 Å². The third-order valence-corrected chi connectivity index (χ3v) is 7.20. The Hall–Kier alpha value is -4.14. The first-order valence-electron chi connectivity index (χ1n) is 13.6. The molecule has 4 aromatic rings. The third kappa shape index (κ3) is 6.35. The van der Waals surface area contributed by atoms with Gasteiger partial charge in [-0.25, -0.2) is 0 Å². The second-order valence-corrected chi connectivity index (χ2v) is 10.5. The van der Waals surface area contributed by atoms with Gasteiger partial charge in [0.25, 0.3) is 0 Å². The van der Waals surface area contributed by atoms with E-state index >= 15 is 0 Å². The first kappa shape index (κ1) is 27.4. The Morgan fingerprint density at radius 2 is 1.52 bits per heavy atom. The standard InChI is InChI=1S/C31H33F3N6/c1-22(2)12-17-28-29(31(32,33)34)39(19-18-23-8-4-3-5-9-23)21-40(28)20-24-13-15-25(16-14-24)26-10-6-7-11-27(26)30-35-37-38-36-30/h3-11,13-16,22H,12,17-21H2,1-2H3,(H,35,36,37,38). The molecule has 0 saturated heterocycles. The largest absolute Gasteiger partial charge is 0.432 e. The molecule has 0 aliphatic carbocycles. The van der Waals surface area contributed by atoms with Gasteiger partial charge < -0.3 is 9.80 Å². The van der Waals surface area contributed by atoms with E-state index in [0.717, 1.165) is 27.8 Å². The number of aromatic nitrogens is 4. The number of hydrogen-bond donors (Lipinski definition) is 1. The molecule has 3 aromatic carbocycles. The lowest BCUT2D eigenvalue weighted by Gasteiger charge is -2.25. The maximum Gasteiger partial charge on any atom is 0.432 e. The van der Waals surface area contributed by atoms with Gasteiger partial charge in [0.15, 0.2) is 0 Å². The van der Waals surface area contributed by atoms with Crippen LogP contribution >= 0.6 is 0 Å². The topological polar surface area (TPSA) is 60.9 Å². The van der Waals surface area contributed by atoms with E-state index in [0.29, 0.717) is 49.8 Å². The van der Waals surface area contributed by atoms with Crippen molar-refractivity contribution in [2.45, 2.75) is 45.8 Å². The van der Waals surface area contributed by atoms with Crippen molar-refractivity contribution in [2.24, 2.45) is 5.92 Å².